The zero-order valence-corrected chi connectivity index (χ0v) is 7.27. The Morgan fingerprint density at radius 2 is 2.21 bits per heavy atom. The molecule has 0 saturated heterocycles. The third-order valence-corrected chi connectivity index (χ3v) is 2.25. The second kappa shape index (κ2) is 2.45. The molecule has 0 fully saturated rings. The van der Waals surface area contributed by atoms with E-state index in [-0.39, 0.29) is 5.56 Å². The molecule has 0 spiro atoms. The van der Waals surface area contributed by atoms with Gasteiger partial charge in [0.15, 0.2) is 5.65 Å². The van der Waals surface area contributed by atoms with E-state index in [1.54, 1.807) is 18.3 Å². The van der Waals surface area contributed by atoms with Crippen LogP contribution in [0.2, 0.25) is 0 Å². The number of pyridine rings is 1. The molecule has 0 radical (unpaired) electrons. The summed E-state index contributed by atoms with van der Waals surface area (Å²) < 4.78 is 1.86. The van der Waals surface area contributed by atoms with Crippen LogP contribution in [0.25, 0.3) is 16.7 Å². The van der Waals surface area contributed by atoms with Crippen LogP contribution in [0.1, 0.15) is 0 Å². The Balaban J connectivity index is 2.74. The van der Waals surface area contributed by atoms with Gasteiger partial charge in [-0.1, -0.05) is 0 Å². The molecule has 0 aliphatic heterocycles. The highest BCUT2D eigenvalue weighted by Crippen LogP contribution is 2.08. The van der Waals surface area contributed by atoms with Crippen molar-refractivity contribution in [2.45, 2.75) is 0 Å². The van der Waals surface area contributed by atoms with Crippen LogP contribution in [-0.4, -0.2) is 14.4 Å². The Hall–Kier alpha value is -2.10. The van der Waals surface area contributed by atoms with Gasteiger partial charge in [-0.15, -0.1) is 0 Å². The largest absolute Gasteiger partial charge is 0.308 e. The molecule has 1 N–H and O–H groups in total. The monoisotopic (exact) mass is 185 g/mol. The number of aromatic amines is 1. The van der Waals surface area contributed by atoms with E-state index in [0.29, 0.717) is 11.0 Å². The van der Waals surface area contributed by atoms with Crippen molar-refractivity contribution in [3.05, 3.63) is 47.0 Å². The fourth-order valence-corrected chi connectivity index (χ4v) is 1.62. The summed E-state index contributed by atoms with van der Waals surface area (Å²) in [6.07, 6.45) is 3.56. The summed E-state index contributed by atoms with van der Waals surface area (Å²) >= 11 is 0. The zero-order valence-electron chi connectivity index (χ0n) is 7.27. The number of rotatable bonds is 0. The fraction of sp³-hybridized carbons (Fsp3) is 0. The van der Waals surface area contributed by atoms with Gasteiger partial charge in [0.1, 0.15) is 5.65 Å². The molecule has 0 atom stereocenters. The van der Waals surface area contributed by atoms with Crippen LogP contribution in [0.3, 0.4) is 0 Å². The normalized spacial score (nSPS) is 11.1. The third-order valence-electron chi connectivity index (χ3n) is 2.25. The molecule has 4 heteroatoms. The van der Waals surface area contributed by atoms with Crippen LogP contribution in [0.5, 0.6) is 0 Å². The lowest BCUT2D eigenvalue weighted by Crippen LogP contribution is -2.09. The molecule has 0 aliphatic carbocycles. The number of aromatic nitrogens is 3. The van der Waals surface area contributed by atoms with Gasteiger partial charge in [0.25, 0.3) is 5.56 Å². The summed E-state index contributed by atoms with van der Waals surface area (Å²) in [4.78, 5) is 18.5. The van der Waals surface area contributed by atoms with E-state index in [1.165, 1.54) is 0 Å². The maximum Gasteiger partial charge on any atom is 0.260 e. The molecule has 3 heterocycles. The van der Waals surface area contributed by atoms with Crippen molar-refractivity contribution in [3.8, 4) is 0 Å². The minimum Gasteiger partial charge on any atom is -0.308 e. The van der Waals surface area contributed by atoms with Gasteiger partial charge in [0.05, 0.1) is 5.39 Å². The van der Waals surface area contributed by atoms with Crippen molar-refractivity contribution < 1.29 is 0 Å². The molecule has 68 valence electrons. The van der Waals surface area contributed by atoms with Crippen LogP contribution in [0, 0.1) is 0 Å². The van der Waals surface area contributed by atoms with E-state index in [1.807, 2.05) is 22.7 Å². The Bertz CT molecular complexity index is 665. The first-order valence-corrected chi connectivity index (χ1v) is 4.30. The smallest absolute Gasteiger partial charge is 0.260 e. The first-order valence-electron chi connectivity index (χ1n) is 4.30. The van der Waals surface area contributed by atoms with Crippen LogP contribution in [0.15, 0.2) is 41.5 Å². The molecule has 0 aromatic carbocycles. The first kappa shape index (κ1) is 7.32. The van der Waals surface area contributed by atoms with Crippen molar-refractivity contribution in [2.24, 2.45) is 0 Å². The fourth-order valence-electron chi connectivity index (χ4n) is 1.62. The second-order valence-electron chi connectivity index (χ2n) is 3.09. The molecule has 4 nitrogen and oxygen atoms in total. The van der Waals surface area contributed by atoms with Crippen molar-refractivity contribution >= 4 is 16.7 Å². The number of hydrogen-bond acceptors (Lipinski definition) is 2. The van der Waals surface area contributed by atoms with Gasteiger partial charge in [0, 0.05) is 12.4 Å². The molecule has 0 unspecified atom stereocenters. The van der Waals surface area contributed by atoms with Gasteiger partial charge in [-0.25, -0.2) is 4.98 Å². The molecule has 14 heavy (non-hydrogen) atoms. The van der Waals surface area contributed by atoms with Gasteiger partial charge >= 0.3 is 0 Å². The van der Waals surface area contributed by atoms with E-state index in [9.17, 15) is 4.79 Å². The molecule has 3 aromatic heterocycles. The molecule has 0 aliphatic rings. The van der Waals surface area contributed by atoms with Gasteiger partial charge in [0.2, 0.25) is 0 Å². The number of nitrogens with zero attached hydrogens (tertiary/aromatic N) is 2. The first-order chi connectivity index (χ1) is 6.86. The standard InChI is InChI=1S/C10H7N3O/c14-10-7-3-1-5-11-9(7)13-6-2-4-8(13)12-10/h1-6H,(H,12,14). The summed E-state index contributed by atoms with van der Waals surface area (Å²) in [6.45, 7) is 0. The summed E-state index contributed by atoms with van der Waals surface area (Å²) in [5, 5.41) is 0.608. The van der Waals surface area contributed by atoms with E-state index in [4.69, 9.17) is 0 Å². The maximum atomic E-state index is 11.6. The number of fused-ring (bicyclic) bond motifs is 3. The predicted octanol–water partition coefficient (Wildman–Crippen LogP) is 1.18. The average Bonchev–Trinajstić information content (AvgIpc) is 2.66. The van der Waals surface area contributed by atoms with Crippen LogP contribution < -0.4 is 5.56 Å². The molecule has 0 amide bonds. The van der Waals surface area contributed by atoms with E-state index < -0.39 is 0 Å². The number of hydrogen-bond donors (Lipinski definition) is 1. The van der Waals surface area contributed by atoms with Gasteiger partial charge in [-0.05, 0) is 24.3 Å². The Kier molecular flexibility index (Phi) is 1.28. The van der Waals surface area contributed by atoms with Gasteiger partial charge in [-0.3, -0.25) is 9.20 Å². The van der Waals surface area contributed by atoms with Crippen molar-refractivity contribution in [2.75, 3.05) is 0 Å². The van der Waals surface area contributed by atoms with Crippen LogP contribution in [-0.2, 0) is 0 Å². The minimum atomic E-state index is -0.0979. The van der Waals surface area contributed by atoms with Gasteiger partial charge in [-0.2, -0.15) is 0 Å². The minimum absolute atomic E-state index is 0.0979. The summed E-state index contributed by atoms with van der Waals surface area (Å²) in [7, 11) is 0. The Morgan fingerprint density at radius 1 is 1.29 bits per heavy atom. The number of H-pyrrole nitrogens is 1. The SMILES string of the molecule is O=c1[nH]c2cccn2c2ncccc12. The highest BCUT2D eigenvalue weighted by molar-refractivity contribution is 5.76. The molecule has 0 bridgehead atoms. The van der Waals surface area contributed by atoms with E-state index in [0.717, 1.165) is 5.65 Å². The average molecular weight is 185 g/mol. The quantitative estimate of drug-likeness (QED) is 0.571. The molecule has 3 aromatic rings. The Morgan fingerprint density at radius 3 is 3.14 bits per heavy atom. The zero-order chi connectivity index (χ0) is 9.54. The van der Waals surface area contributed by atoms with Gasteiger partial charge < -0.3 is 4.98 Å². The third kappa shape index (κ3) is 0.821. The van der Waals surface area contributed by atoms with Crippen LogP contribution in [0.4, 0.5) is 0 Å². The number of nitrogens with one attached hydrogen (secondary N) is 1. The van der Waals surface area contributed by atoms with E-state index in [2.05, 4.69) is 9.97 Å². The lowest BCUT2D eigenvalue weighted by Gasteiger charge is -1.99. The lowest BCUT2D eigenvalue weighted by molar-refractivity contribution is 1.13. The topological polar surface area (TPSA) is 50.2 Å². The highest BCUT2D eigenvalue weighted by atomic mass is 16.1. The lowest BCUT2D eigenvalue weighted by atomic mass is 10.3. The molecular formula is C10H7N3O. The second-order valence-corrected chi connectivity index (χ2v) is 3.09. The van der Waals surface area contributed by atoms with Crippen molar-refractivity contribution in [1.29, 1.82) is 0 Å². The molecule has 3 rings (SSSR count). The summed E-state index contributed by atoms with van der Waals surface area (Å²) in [6, 6.07) is 7.24. The van der Waals surface area contributed by atoms with E-state index >= 15 is 0 Å². The predicted molar refractivity (Wildman–Crippen MR) is 53.3 cm³/mol. The summed E-state index contributed by atoms with van der Waals surface area (Å²) in [5.74, 6) is 0. The summed E-state index contributed by atoms with van der Waals surface area (Å²) in [5.41, 5.74) is 1.36. The molecular weight excluding hydrogens is 178 g/mol. The Labute approximate surface area is 78.8 Å². The van der Waals surface area contributed by atoms with Crippen LogP contribution >= 0.6 is 0 Å². The van der Waals surface area contributed by atoms with Crippen molar-refractivity contribution in [1.82, 2.24) is 14.4 Å². The van der Waals surface area contributed by atoms with Crippen molar-refractivity contribution in [3.63, 3.8) is 0 Å². The molecule has 0 saturated carbocycles. The maximum absolute atomic E-state index is 11.6. The highest BCUT2D eigenvalue weighted by Gasteiger charge is 2.03.